The van der Waals surface area contributed by atoms with E-state index in [0.29, 0.717) is 23.9 Å². The number of benzene rings is 1. The first-order valence-corrected chi connectivity index (χ1v) is 8.36. The van der Waals surface area contributed by atoms with Gasteiger partial charge >= 0.3 is 0 Å². The van der Waals surface area contributed by atoms with Crippen molar-refractivity contribution >= 4 is 11.7 Å². The Labute approximate surface area is 142 Å². The van der Waals surface area contributed by atoms with Crippen molar-refractivity contribution in [1.82, 2.24) is 15.3 Å². The van der Waals surface area contributed by atoms with Crippen LogP contribution in [0, 0.1) is 0 Å². The van der Waals surface area contributed by atoms with Crippen molar-refractivity contribution < 1.29 is 4.79 Å². The van der Waals surface area contributed by atoms with Crippen LogP contribution in [-0.2, 0) is 0 Å². The second-order valence-corrected chi connectivity index (χ2v) is 5.95. The summed E-state index contributed by atoms with van der Waals surface area (Å²) in [5.74, 6) is 1.03. The lowest BCUT2D eigenvalue weighted by atomic mass is 10.2. The van der Waals surface area contributed by atoms with Gasteiger partial charge in [-0.1, -0.05) is 49.2 Å². The molecule has 5 heteroatoms. The smallest absolute Gasteiger partial charge is 0.270 e. The van der Waals surface area contributed by atoms with Gasteiger partial charge in [-0.2, -0.15) is 0 Å². The van der Waals surface area contributed by atoms with E-state index in [2.05, 4.69) is 27.2 Å². The fraction of sp³-hybridized carbons (Fsp3) is 0.316. The number of rotatable bonds is 6. The number of nitrogens with zero attached hydrogens (tertiary/aromatic N) is 2. The molecular formula is C19H22N4O. The van der Waals surface area contributed by atoms with E-state index in [9.17, 15) is 4.79 Å². The second-order valence-electron chi connectivity index (χ2n) is 5.95. The van der Waals surface area contributed by atoms with Gasteiger partial charge in [0.05, 0.1) is 0 Å². The molecule has 1 aromatic carbocycles. The molecular weight excluding hydrogens is 300 g/mol. The molecule has 1 aromatic heterocycles. The molecule has 0 atom stereocenters. The Morgan fingerprint density at radius 3 is 2.67 bits per heavy atom. The lowest BCUT2D eigenvalue weighted by molar-refractivity contribution is 0.0933. The minimum atomic E-state index is -0.136. The van der Waals surface area contributed by atoms with Crippen molar-refractivity contribution in [2.45, 2.75) is 31.7 Å². The van der Waals surface area contributed by atoms with E-state index >= 15 is 0 Å². The zero-order valence-corrected chi connectivity index (χ0v) is 13.7. The monoisotopic (exact) mass is 322 g/mol. The standard InChI is InChI=1S/C19H22N4O/c1-2-12-20-17-13-16(19(24)21-15-10-6-7-11-15)22-18(23-17)14-8-4-3-5-9-14/h2-5,8-9,13,15H,1,6-7,10-12H2,(H,21,24)(H,20,22,23). The molecule has 0 radical (unpaired) electrons. The molecule has 0 unspecified atom stereocenters. The van der Waals surface area contributed by atoms with Gasteiger partial charge in [0.1, 0.15) is 11.5 Å². The third-order valence-electron chi connectivity index (χ3n) is 4.11. The summed E-state index contributed by atoms with van der Waals surface area (Å²) in [6.07, 6.45) is 6.20. The van der Waals surface area contributed by atoms with Gasteiger partial charge < -0.3 is 10.6 Å². The van der Waals surface area contributed by atoms with E-state index in [4.69, 9.17) is 0 Å². The molecule has 2 N–H and O–H groups in total. The summed E-state index contributed by atoms with van der Waals surface area (Å²) in [5, 5.41) is 6.22. The van der Waals surface area contributed by atoms with E-state index in [-0.39, 0.29) is 11.9 Å². The van der Waals surface area contributed by atoms with Crippen molar-refractivity contribution in [3.05, 3.63) is 54.7 Å². The Balaban J connectivity index is 1.88. The van der Waals surface area contributed by atoms with Gasteiger partial charge in [-0.25, -0.2) is 9.97 Å². The topological polar surface area (TPSA) is 66.9 Å². The Kier molecular flexibility index (Phi) is 5.21. The number of hydrogen-bond donors (Lipinski definition) is 2. The Hall–Kier alpha value is -2.69. The zero-order valence-electron chi connectivity index (χ0n) is 13.7. The van der Waals surface area contributed by atoms with Gasteiger partial charge in [-0.15, -0.1) is 6.58 Å². The van der Waals surface area contributed by atoms with Crippen LogP contribution in [0.2, 0.25) is 0 Å². The van der Waals surface area contributed by atoms with Gasteiger partial charge in [0.2, 0.25) is 0 Å². The highest BCUT2D eigenvalue weighted by Crippen LogP contribution is 2.20. The summed E-state index contributed by atoms with van der Waals surface area (Å²) < 4.78 is 0. The maximum Gasteiger partial charge on any atom is 0.270 e. The fourth-order valence-electron chi connectivity index (χ4n) is 2.88. The van der Waals surface area contributed by atoms with Gasteiger partial charge in [0.15, 0.2) is 5.82 Å². The number of carbonyl (C=O) groups excluding carboxylic acids is 1. The van der Waals surface area contributed by atoms with Crippen LogP contribution in [0.3, 0.4) is 0 Å². The van der Waals surface area contributed by atoms with Crippen molar-refractivity contribution in [1.29, 1.82) is 0 Å². The van der Waals surface area contributed by atoms with E-state index < -0.39 is 0 Å². The highest BCUT2D eigenvalue weighted by atomic mass is 16.1. The number of hydrogen-bond acceptors (Lipinski definition) is 4. The van der Waals surface area contributed by atoms with Crippen LogP contribution in [0.1, 0.15) is 36.2 Å². The van der Waals surface area contributed by atoms with Crippen LogP contribution in [0.15, 0.2) is 49.1 Å². The molecule has 0 spiro atoms. The van der Waals surface area contributed by atoms with Gasteiger partial charge in [-0.05, 0) is 12.8 Å². The third-order valence-corrected chi connectivity index (χ3v) is 4.11. The highest BCUT2D eigenvalue weighted by molar-refractivity contribution is 5.93. The van der Waals surface area contributed by atoms with Crippen molar-refractivity contribution in [3.63, 3.8) is 0 Å². The second kappa shape index (κ2) is 7.73. The molecule has 1 aliphatic carbocycles. The van der Waals surface area contributed by atoms with Crippen LogP contribution >= 0.6 is 0 Å². The molecule has 5 nitrogen and oxygen atoms in total. The minimum absolute atomic E-state index is 0.136. The molecule has 1 aliphatic rings. The molecule has 0 aliphatic heterocycles. The number of anilines is 1. The molecule has 2 aromatic rings. The van der Waals surface area contributed by atoms with Crippen LogP contribution in [-0.4, -0.2) is 28.5 Å². The highest BCUT2D eigenvalue weighted by Gasteiger charge is 2.20. The van der Waals surface area contributed by atoms with Crippen LogP contribution in [0.25, 0.3) is 11.4 Å². The average Bonchev–Trinajstić information content (AvgIpc) is 3.13. The first-order chi connectivity index (χ1) is 11.8. The molecule has 1 fully saturated rings. The van der Waals surface area contributed by atoms with Crippen LogP contribution < -0.4 is 10.6 Å². The number of nitrogens with one attached hydrogen (secondary N) is 2. The first kappa shape index (κ1) is 16.2. The minimum Gasteiger partial charge on any atom is -0.366 e. The Bertz CT molecular complexity index is 709. The molecule has 1 amide bonds. The number of carbonyl (C=O) groups is 1. The lowest BCUT2D eigenvalue weighted by Crippen LogP contribution is -2.33. The summed E-state index contributed by atoms with van der Waals surface area (Å²) in [7, 11) is 0. The predicted molar refractivity (Wildman–Crippen MR) is 95.9 cm³/mol. The predicted octanol–water partition coefficient (Wildman–Crippen LogP) is 3.41. The zero-order chi connectivity index (χ0) is 16.8. The van der Waals surface area contributed by atoms with E-state index in [1.807, 2.05) is 30.3 Å². The van der Waals surface area contributed by atoms with Crippen molar-refractivity contribution in [2.24, 2.45) is 0 Å². The van der Waals surface area contributed by atoms with E-state index in [0.717, 1.165) is 18.4 Å². The van der Waals surface area contributed by atoms with Crippen molar-refractivity contribution in [2.75, 3.05) is 11.9 Å². The fourth-order valence-corrected chi connectivity index (χ4v) is 2.88. The SMILES string of the molecule is C=CCNc1cc(C(=O)NC2CCCC2)nc(-c2ccccc2)n1. The van der Waals surface area contributed by atoms with E-state index in [1.54, 1.807) is 12.1 Å². The molecule has 1 heterocycles. The Morgan fingerprint density at radius 2 is 1.96 bits per heavy atom. The van der Waals surface area contributed by atoms with Gasteiger partial charge in [-0.3, -0.25) is 4.79 Å². The summed E-state index contributed by atoms with van der Waals surface area (Å²) in [6, 6.07) is 11.6. The Morgan fingerprint density at radius 1 is 1.21 bits per heavy atom. The van der Waals surface area contributed by atoms with Crippen LogP contribution in [0.4, 0.5) is 5.82 Å². The van der Waals surface area contributed by atoms with Gasteiger partial charge in [0, 0.05) is 24.2 Å². The molecule has 1 saturated carbocycles. The largest absolute Gasteiger partial charge is 0.366 e. The normalized spacial score (nSPS) is 14.3. The maximum atomic E-state index is 12.6. The first-order valence-electron chi connectivity index (χ1n) is 8.36. The van der Waals surface area contributed by atoms with Crippen molar-refractivity contribution in [3.8, 4) is 11.4 Å². The average molecular weight is 322 g/mol. The summed E-state index contributed by atoms with van der Waals surface area (Å²) in [6.45, 7) is 4.28. The molecule has 0 bridgehead atoms. The number of aromatic nitrogens is 2. The molecule has 0 saturated heterocycles. The van der Waals surface area contributed by atoms with Gasteiger partial charge in [0.25, 0.3) is 5.91 Å². The summed E-state index contributed by atoms with van der Waals surface area (Å²) in [4.78, 5) is 21.5. The third kappa shape index (κ3) is 3.98. The van der Waals surface area contributed by atoms with Crippen LogP contribution in [0.5, 0.6) is 0 Å². The summed E-state index contributed by atoms with van der Waals surface area (Å²) in [5.41, 5.74) is 1.27. The quantitative estimate of drug-likeness (QED) is 0.800. The lowest BCUT2D eigenvalue weighted by Gasteiger charge is -2.13. The summed E-state index contributed by atoms with van der Waals surface area (Å²) >= 11 is 0. The molecule has 24 heavy (non-hydrogen) atoms. The molecule has 124 valence electrons. The van der Waals surface area contributed by atoms with E-state index in [1.165, 1.54) is 12.8 Å². The maximum absolute atomic E-state index is 12.6. The number of amides is 1. The molecule has 3 rings (SSSR count).